The Hall–Kier alpha value is -2.19. The Bertz CT molecular complexity index is 620. The lowest BCUT2D eigenvalue weighted by atomic mass is 10.1. The molecule has 0 aliphatic carbocycles. The van der Waals surface area contributed by atoms with Gasteiger partial charge in [-0.3, -0.25) is 19.7 Å². The number of benzene rings is 1. The van der Waals surface area contributed by atoms with E-state index in [9.17, 15) is 19.7 Å². The third-order valence-corrected chi connectivity index (χ3v) is 3.88. The van der Waals surface area contributed by atoms with Crippen LogP contribution in [-0.2, 0) is 16.1 Å². The first kappa shape index (κ1) is 23.8. The Morgan fingerprint density at radius 3 is 2.15 bits per heavy atom. The van der Waals surface area contributed by atoms with Crippen LogP contribution in [0.15, 0.2) is 24.3 Å². The van der Waals surface area contributed by atoms with Gasteiger partial charge < -0.3 is 16.0 Å². The summed E-state index contributed by atoms with van der Waals surface area (Å²) >= 11 is 0. The molecule has 146 valence electrons. The lowest BCUT2D eigenvalue weighted by Gasteiger charge is -2.27. The SMILES string of the molecule is CC(C)[C@H](N)C(=O)NCC(=O)N(Cc1ccc([N+](=O)[O-])cc1)C(C)C.Cl. The van der Waals surface area contributed by atoms with E-state index < -0.39 is 11.0 Å². The van der Waals surface area contributed by atoms with Crippen LogP contribution in [0.4, 0.5) is 5.69 Å². The van der Waals surface area contributed by atoms with Gasteiger partial charge in [0.2, 0.25) is 11.8 Å². The number of nitrogens with zero attached hydrogens (tertiary/aromatic N) is 2. The smallest absolute Gasteiger partial charge is 0.269 e. The lowest BCUT2D eigenvalue weighted by Crippen LogP contribution is -2.48. The second-order valence-corrected chi connectivity index (χ2v) is 6.53. The summed E-state index contributed by atoms with van der Waals surface area (Å²) in [6, 6.07) is 5.30. The number of carbonyl (C=O) groups excluding carboxylic acids is 2. The Labute approximate surface area is 159 Å². The molecule has 0 aromatic heterocycles. The molecule has 0 radical (unpaired) electrons. The molecule has 8 nitrogen and oxygen atoms in total. The molecule has 1 aromatic carbocycles. The van der Waals surface area contributed by atoms with E-state index in [4.69, 9.17) is 5.73 Å². The molecule has 0 saturated carbocycles. The summed E-state index contributed by atoms with van der Waals surface area (Å²) in [5.41, 5.74) is 6.53. The number of nitrogens with one attached hydrogen (secondary N) is 1. The van der Waals surface area contributed by atoms with Gasteiger partial charge in [-0.05, 0) is 25.3 Å². The minimum Gasteiger partial charge on any atom is -0.346 e. The topological polar surface area (TPSA) is 119 Å². The van der Waals surface area contributed by atoms with Crippen molar-refractivity contribution >= 4 is 29.9 Å². The number of carbonyl (C=O) groups is 2. The van der Waals surface area contributed by atoms with E-state index in [0.717, 1.165) is 5.56 Å². The minimum atomic E-state index is -0.657. The van der Waals surface area contributed by atoms with E-state index >= 15 is 0 Å². The quantitative estimate of drug-likeness (QED) is 0.522. The van der Waals surface area contributed by atoms with E-state index in [2.05, 4.69) is 5.32 Å². The predicted octanol–water partition coefficient (Wildman–Crippen LogP) is 1.85. The number of rotatable bonds is 8. The van der Waals surface area contributed by atoms with Gasteiger partial charge in [0.05, 0.1) is 17.5 Å². The largest absolute Gasteiger partial charge is 0.346 e. The number of nitrogens with two attached hydrogens (primary N) is 1. The number of halogens is 1. The highest BCUT2D eigenvalue weighted by Gasteiger charge is 2.21. The monoisotopic (exact) mass is 386 g/mol. The molecule has 0 fully saturated rings. The molecule has 0 bridgehead atoms. The van der Waals surface area contributed by atoms with Crippen molar-refractivity contribution in [3.63, 3.8) is 0 Å². The summed E-state index contributed by atoms with van der Waals surface area (Å²) in [7, 11) is 0. The van der Waals surface area contributed by atoms with Gasteiger partial charge in [0.15, 0.2) is 0 Å². The van der Waals surface area contributed by atoms with Gasteiger partial charge in [0.1, 0.15) is 0 Å². The zero-order valence-corrected chi connectivity index (χ0v) is 16.3. The third kappa shape index (κ3) is 6.97. The third-order valence-electron chi connectivity index (χ3n) is 3.88. The fraction of sp³-hybridized carbons (Fsp3) is 0.529. The van der Waals surface area contributed by atoms with E-state index in [1.807, 2.05) is 27.7 Å². The normalized spacial score (nSPS) is 11.7. The van der Waals surface area contributed by atoms with Crippen molar-refractivity contribution in [1.29, 1.82) is 0 Å². The van der Waals surface area contributed by atoms with Gasteiger partial charge >= 0.3 is 0 Å². The Morgan fingerprint density at radius 1 is 1.19 bits per heavy atom. The van der Waals surface area contributed by atoms with Crippen LogP contribution in [-0.4, -0.2) is 40.3 Å². The van der Waals surface area contributed by atoms with Gasteiger partial charge in [-0.2, -0.15) is 0 Å². The van der Waals surface area contributed by atoms with E-state index in [-0.39, 0.29) is 48.4 Å². The number of amides is 2. The summed E-state index contributed by atoms with van der Waals surface area (Å²) in [6.07, 6.45) is 0. The molecule has 3 N–H and O–H groups in total. The molecule has 2 amide bonds. The van der Waals surface area contributed by atoms with Crippen molar-refractivity contribution in [2.24, 2.45) is 11.7 Å². The van der Waals surface area contributed by atoms with E-state index in [0.29, 0.717) is 6.54 Å². The maximum atomic E-state index is 12.4. The summed E-state index contributed by atoms with van der Waals surface area (Å²) in [6.45, 7) is 7.57. The standard InChI is InChI=1S/C17H26N4O4.ClH/c1-11(2)16(18)17(23)19-9-15(22)20(12(3)4)10-13-5-7-14(8-6-13)21(24)25;/h5-8,11-12,16H,9-10,18H2,1-4H3,(H,19,23);1H/t16-;/m0./s1. The number of hydrogen-bond donors (Lipinski definition) is 2. The molecular weight excluding hydrogens is 360 g/mol. The van der Waals surface area contributed by atoms with Crippen molar-refractivity contribution in [2.45, 2.75) is 46.3 Å². The van der Waals surface area contributed by atoms with Gasteiger partial charge in [0, 0.05) is 24.7 Å². The number of non-ortho nitro benzene ring substituents is 1. The van der Waals surface area contributed by atoms with Gasteiger partial charge in [-0.15, -0.1) is 12.4 Å². The van der Waals surface area contributed by atoms with Crippen LogP contribution in [0.3, 0.4) is 0 Å². The molecule has 1 aromatic rings. The van der Waals surface area contributed by atoms with Gasteiger partial charge in [-0.1, -0.05) is 26.0 Å². The maximum absolute atomic E-state index is 12.4. The number of nitro groups is 1. The molecule has 9 heteroatoms. The molecule has 0 spiro atoms. The van der Waals surface area contributed by atoms with Crippen molar-refractivity contribution in [3.8, 4) is 0 Å². The van der Waals surface area contributed by atoms with Crippen LogP contribution < -0.4 is 11.1 Å². The first-order valence-electron chi connectivity index (χ1n) is 8.19. The molecular formula is C17H27ClN4O4. The highest BCUT2D eigenvalue weighted by atomic mass is 35.5. The molecule has 0 aliphatic heterocycles. The predicted molar refractivity (Wildman–Crippen MR) is 102 cm³/mol. The molecule has 0 saturated heterocycles. The van der Waals surface area contributed by atoms with Gasteiger partial charge in [0.25, 0.3) is 5.69 Å². The minimum absolute atomic E-state index is 0. The Kier molecular flexibility index (Phi) is 9.82. The highest BCUT2D eigenvalue weighted by Crippen LogP contribution is 2.14. The Morgan fingerprint density at radius 2 is 1.73 bits per heavy atom. The maximum Gasteiger partial charge on any atom is 0.269 e. The summed E-state index contributed by atoms with van der Waals surface area (Å²) in [5.74, 6) is -0.614. The van der Waals surface area contributed by atoms with E-state index in [1.54, 1.807) is 17.0 Å². The molecule has 1 atom stereocenters. The fourth-order valence-electron chi connectivity index (χ4n) is 2.16. The van der Waals surface area contributed by atoms with Crippen LogP contribution in [0.25, 0.3) is 0 Å². The zero-order chi connectivity index (χ0) is 19.1. The summed E-state index contributed by atoms with van der Waals surface area (Å²) < 4.78 is 0. The molecule has 0 heterocycles. The van der Waals surface area contributed by atoms with Crippen molar-refractivity contribution in [3.05, 3.63) is 39.9 Å². The van der Waals surface area contributed by atoms with Crippen LogP contribution in [0.2, 0.25) is 0 Å². The fourth-order valence-corrected chi connectivity index (χ4v) is 2.16. The summed E-state index contributed by atoms with van der Waals surface area (Å²) in [4.78, 5) is 36.1. The number of hydrogen-bond acceptors (Lipinski definition) is 5. The molecule has 0 aliphatic rings. The second-order valence-electron chi connectivity index (χ2n) is 6.53. The average molecular weight is 387 g/mol. The van der Waals surface area contributed by atoms with Crippen LogP contribution in [0.1, 0.15) is 33.3 Å². The van der Waals surface area contributed by atoms with Crippen LogP contribution in [0, 0.1) is 16.0 Å². The first-order chi connectivity index (χ1) is 11.6. The molecule has 26 heavy (non-hydrogen) atoms. The summed E-state index contributed by atoms with van der Waals surface area (Å²) in [5, 5.41) is 13.3. The first-order valence-corrected chi connectivity index (χ1v) is 8.19. The molecule has 1 rings (SSSR count). The van der Waals surface area contributed by atoms with Crippen molar-refractivity contribution < 1.29 is 14.5 Å². The highest BCUT2D eigenvalue weighted by molar-refractivity contribution is 5.87. The number of nitro benzene ring substituents is 1. The lowest BCUT2D eigenvalue weighted by molar-refractivity contribution is -0.384. The van der Waals surface area contributed by atoms with Gasteiger partial charge in [-0.25, -0.2) is 0 Å². The van der Waals surface area contributed by atoms with E-state index in [1.165, 1.54) is 12.1 Å². The average Bonchev–Trinajstić information content (AvgIpc) is 2.56. The zero-order valence-electron chi connectivity index (χ0n) is 15.5. The van der Waals surface area contributed by atoms with Crippen molar-refractivity contribution in [2.75, 3.05) is 6.54 Å². The van der Waals surface area contributed by atoms with Crippen LogP contribution >= 0.6 is 12.4 Å². The van der Waals surface area contributed by atoms with Crippen molar-refractivity contribution in [1.82, 2.24) is 10.2 Å². The second kappa shape index (κ2) is 10.7. The Balaban J connectivity index is 0.00000625. The molecule has 0 unspecified atom stereocenters. The van der Waals surface area contributed by atoms with Crippen LogP contribution in [0.5, 0.6) is 0 Å².